The van der Waals surface area contributed by atoms with Crippen LogP contribution < -0.4 is 5.48 Å². The number of nitrogens with zero attached hydrogens (tertiary/aromatic N) is 1. The molecule has 1 heterocycles. The fourth-order valence-corrected chi connectivity index (χ4v) is 3.00. The molecule has 114 valence electrons. The van der Waals surface area contributed by atoms with Crippen molar-refractivity contribution < 1.29 is 14.8 Å². The highest BCUT2D eigenvalue weighted by molar-refractivity contribution is 5.74. The van der Waals surface area contributed by atoms with Crippen molar-refractivity contribution in [1.29, 1.82) is 0 Å². The predicted octanol–water partition coefficient (Wildman–Crippen LogP) is 1.92. The first-order chi connectivity index (χ1) is 10.2. The summed E-state index contributed by atoms with van der Waals surface area (Å²) in [5.74, 6) is 0.0457. The van der Waals surface area contributed by atoms with E-state index in [9.17, 15) is 9.59 Å². The molecule has 1 aromatic carbocycles. The number of carbonyl (C=O) groups is 2. The summed E-state index contributed by atoms with van der Waals surface area (Å²) in [4.78, 5) is 24.8. The van der Waals surface area contributed by atoms with E-state index in [0.717, 1.165) is 44.2 Å². The number of hydrogen-bond acceptors (Lipinski definition) is 4. The van der Waals surface area contributed by atoms with Gasteiger partial charge in [0, 0.05) is 13.0 Å². The molecule has 1 amide bonds. The maximum Gasteiger partial charge on any atom is 0.243 e. The Morgan fingerprint density at radius 1 is 1.43 bits per heavy atom. The molecule has 1 saturated heterocycles. The number of likely N-dealkylation sites (tertiary alicyclic amines) is 1. The number of rotatable bonds is 6. The Morgan fingerprint density at radius 2 is 2.19 bits per heavy atom. The zero-order chi connectivity index (χ0) is 15.1. The van der Waals surface area contributed by atoms with E-state index in [0.29, 0.717) is 12.3 Å². The van der Waals surface area contributed by atoms with Gasteiger partial charge in [-0.3, -0.25) is 14.9 Å². The summed E-state index contributed by atoms with van der Waals surface area (Å²) in [6.07, 6.45) is 4.16. The lowest BCUT2D eigenvalue weighted by Gasteiger charge is -2.36. The zero-order valence-corrected chi connectivity index (χ0v) is 12.1. The molecule has 5 nitrogen and oxygen atoms in total. The number of aldehydes is 1. The van der Waals surface area contributed by atoms with Crippen molar-refractivity contribution in [2.24, 2.45) is 5.92 Å². The highest BCUT2D eigenvalue weighted by atomic mass is 16.5. The summed E-state index contributed by atoms with van der Waals surface area (Å²) in [5.41, 5.74) is 2.68. The number of carbonyl (C=O) groups excluding carboxylic acids is 2. The normalized spacial score (nSPS) is 20.7. The molecule has 2 unspecified atom stereocenters. The van der Waals surface area contributed by atoms with Gasteiger partial charge in [0.2, 0.25) is 5.91 Å². The van der Waals surface area contributed by atoms with Gasteiger partial charge in [-0.1, -0.05) is 30.3 Å². The van der Waals surface area contributed by atoms with Gasteiger partial charge in [0.15, 0.2) is 0 Å². The van der Waals surface area contributed by atoms with Crippen LogP contribution in [0.25, 0.3) is 0 Å². The standard InChI is InChI=1S/C16H22N2O3/c19-12-15(14-6-2-1-3-7-14)18-10-4-5-13(11-18)8-9-16(20)17-21/h1-3,6-7,12-13,15,21H,4-5,8-11H2,(H,17,20). The molecule has 0 saturated carbocycles. The first kappa shape index (κ1) is 15.7. The summed E-state index contributed by atoms with van der Waals surface area (Å²) in [7, 11) is 0. The minimum absolute atomic E-state index is 0.208. The van der Waals surface area contributed by atoms with Crippen molar-refractivity contribution in [2.75, 3.05) is 13.1 Å². The van der Waals surface area contributed by atoms with Gasteiger partial charge in [0.1, 0.15) is 6.29 Å². The van der Waals surface area contributed by atoms with Crippen molar-refractivity contribution >= 4 is 12.2 Å². The van der Waals surface area contributed by atoms with Gasteiger partial charge in [0.25, 0.3) is 0 Å². The van der Waals surface area contributed by atoms with E-state index in [1.54, 1.807) is 5.48 Å². The zero-order valence-electron chi connectivity index (χ0n) is 12.1. The van der Waals surface area contributed by atoms with Crippen LogP contribution in [-0.2, 0) is 9.59 Å². The van der Waals surface area contributed by atoms with Gasteiger partial charge in [-0.2, -0.15) is 0 Å². The smallest absolute Gasteiger partial charge is 0.243 e. The van der Waals surface area contributed by atoms with Crippen molar-refractivity contribution in [2.45, 2.75) is 31.7 Å². The molecule has 1 fully saturated rings. The van der Waals surface area contributed by atoms with Gasteiger partial charge >= 0.3 is 0 Å². The number of benzene rings is 1. The van der Waals surface area contributed by atoms with Crippen molar-refractivity contribution in [3.8, 4) is 0 Å². The van der Waals surface area contributed by atoms with Crippen molar-refractivity contribution in [1.82, 2.24) is 10.4 Å². The SMILES string of the molecule is O=CC(c1ccccc1)N1CCCC(CCC(=O)NO)C1. The molecule has 0 radical (unpaired) electrons. The molecule has 21 heavy (non-hydrogen) atoms. The minimum atomic E-state index is -0.345. The van der Waals surface area contributed by atoms with Crippen LogP contribution in [-0.4, -0.2) is 35.4 Å². The molecule has 0 aliphatic carbocycles. The van der Waals surface area contributed by atoms with Gasteiger partial charge in [-0.15, -0.1) is 0 Å². The van der Waals surface area contributed by atoms with Crippen LogP contribution in [0.2, 0.25) is 0 Å². The average molecular weight is 290 g/mol. The Balaban J connectivity index is 1.96. The Bertz CT molecular complexity index is 464. The maximum atomic E-state index is 11.5. The topological polar surface area (TPSA) is 69.6 Å². The highest BCUT2D eigenvalue weighted by Gasteiger charge is 2.26. The molecule has 1 aromatic rings. The molecule has 1 aliphatic rings. The number of hydrogen-bond donors (Lipinski definition) is 2. The highest BCUT2D eigenvalue weighted by Crippen LogP contribution is 2.27. The van der Waals surface area contributed by atoms with Crippen LogP contribution in [0.5, 0.6) is 0 Å². The lowest BCUT2D eigenvalue weighted by atomic mass is 9.91. The molecular formula is C16H22N2O3. The predicted molar refractivity (Wildman–Crippen MR) is 78.7 cm³/mol. The van der Waals surface area contributed by atoms with Gasteiger partial charge in [-0.25, -0.2) is 5.48 Å². The summed E-state index contributed by atoms with van der Waals surface area (Å²) in [6.45, 7) is 1.72. The molecule has 1 aliphatic heterocycles. The number of hydroxylamine groups is 1. The number of nitrogens with one attached hydrogen (secondary N) is 1. The number of amides is 1. The summed E-state index contributed by atoms with van der Waals surface area (Å²) in [6, 6.07) is 9.57. The fraction of sp³-hybridized carbons (Fsp3) is 0.500. The number of piperidine rings is 1. The molecule has 2 atom stereocenters. The molecule has 5 heteroatoms. The fourth-order valence-electron chi connectivity index (χ4n) is 3.00. The monoisotopic (exact) mass is 290 g/mol. The van der Waals surface area contributed by atoms with Gasteiger partial charge in [0.05, 0.1) is 6.04 Å². The van der Waals surface area contributed by atoms with Crippen molar-refractivity contribution in [3.05, 3.63) is 35.9 Å². The Morgan fingerprint density at radius 3 is 2.86 bits per heavy atom. The van der Waals surface area contributed by atoms with E-state index in [4.69, 9.17) is 5.21 Å². The molecule has 0 spiro atoms. The Hall–Kier alpha value is -1.72. The van der Waals surface area contributed by atoms with E-state index >= 15 is 0 Å². The van der Waals surface area contributed by atoms with E-state index in [1.165, 1.54) is 0 Å². The molecule has 0 aromatic heterocycles. The van der Waals surface area contributed by atoms with Crippen LogP contribution in [0.4, 0.5) is 0 Å². The second-order valence-electron chi connectivity index (χ2n) is 5.57. The average Bonchev–Trinajstić information content (AvgIpc) is 2.55. The third kappa shape index (κ3) is 4.37. The van der Waals surface area contributed by atoms with E-state index in [-0.39, 0.29) is 11.9 Å². The van der Waals surface area contributed by atoms with Crippen LogP contribution in [0, 0.1) is 5.92 Å². The maximum absolute atomic E-state index is 11.5. The van der Waals surface area contributed by atoms with Crippen LogP contribution in [0.3, 0.4) is 0 Å². The minimum Gasteiger partial charge on any atom is -0.301 e. The molecule has 0 bridgehead atoms. The first-order valence-electron chi connectivity index (χ1n) is 7.42. The van der Waals surface area contributed by atoms with E-state index in [2.05, 4.69) is 4.90 Å². The quantitative estimate of drug-likeness (QED) is 0.477. The summed E-state index contributed by atoms with van der Waals surface area (Å²) < 4.78 is 0. The van der Waals surface area contributed by atoms with E-state index in [1.807, 2.05) is 30.3 Å². The second-order valence-corrected chi connectivity index (χ2v) is 5.57. The summed E-state index contributed by atoms with van der Waals surface area (Å²) in [5, 5.41) is 8.53. The first-order valence-corrected chi connectivity index (χ1v) is 7.42. The molecule has 2 N–H and O–H groups in total. The lowest BCUT2D eigenvalue weighted by molar-refractivity contribution is -0.129. The third-order valence-electron chi connectivity index (χ3n) is 4.12. The Kier molecular flexibility index (Phi) is 5.90. The largest absolute Gasteiger partial charge is 0.301 e. The summed E-state index contributed by atoms with van der Waals surface area (Å²) >= 11 is 0. The Labute approximate surface area is 124 Å². The lowest BCUT2D eigenvalue weighted by Crippen LogP contribution is -2.39. The molecule has 2 rings (SSSR count). The van der Waals surface area contributed by atoms with Crippen LogP contribution in [0.15, 0.2) is 30.3 Å². The van der Waals surface area contributed by atoms with E-state index < -0.39 is 0 Å². The third-order valence-corrected chi connectivity index (χ3v) is 4.12. The van der Waals surface area contributed by atoms with Gasteiger partial charge < -0.3 is 4.79 Å². The second kappa shape index (κ2) is 7.90. The van der Waals surface area contributed by atoms with Crippen molar-refractivity contribution in [3.63, 3.8) is 0 Å². The molecular weight excluding hydrogens is 268 g/mol. The van der Waals surface area contributed by atoms with Crippen LogP contribution in [0.1, 0.15) is 37.3 Å². The van der Waals surface area contributed by atoms with Gasteiger partial charge in [-0.05, 0) is 37.3 Å². The van der Waals surface area contributed by atoms with Crippen LogP contribution >= 0.6 is 0 Å².